The second-order valence-electron chi connectivity index (χ2n) is 6.91. The number of carbonyl (C=O) groups excluding carboxylic acids is 2. The molecule has 2 amide bonds. The van der Waals surface area contributed by atoms with E-state index in [4.69, 9.17) is 50.0 Å². The topological polar surface area (TPSA) is 104 Å². The summed E-state index contributed by atoms with van der Waals surface area (Å²) >= 11 is 17.9. The van der Waals surface area contributed by atoms with E-state index in [9.17, 15) is 9.59 Å². The number of rotatable bonds is 8. The Morgan fingerprint density at radius 1 is 1.06 bits per heavy atom. The highest BCUT2D eigenvalue weighted by atomic mass is 35.6. The van der Waals surface area contributed by atoms with E-state index in [0.717, 1.165) is 22.5 Å². The van der Waals surface area contributed by atoms with Gasteiger partial charge in [-0.05, 0) is 11.1 Å². The molecule has 0 saturated heterocycles. The number of halogens is 3. The van der Waals surface area contributed by atoms with Crippen molar-refractivity contribution in [1.29, 1.82) is 0 Å². The van der Waals surface area contributed by atoms with Crippen LogP contribution in [0, 0.1) is 0 Å². The van der Waals surface area contributed by atoms with E-state index in [-0.39, 0.29) is 10.8 Å². The predicted octanol–water partition coefficient (Wildman–Crippen LogP) is 5.22. The van der Waals surface area contributed by atoms with Crippen LogP contribution in [-0.4, -0.2) is 34.5 Å². The van der Waals surface area contributed by atoms with Crippen molar-refractivity contribution >= 4 is 63.3 Å². The van der Waals surface area contributed by atoms with Gasteiger partial charge >= 0.3 is 6.09 Å². The predicted molar refractivity (Wildman–Crippen MR) is 130 cm³/mol. The largest absolute Gasteiger partial charge is 0.445 e. The van der Waals surface area contributed by atoms with Gasteiger partial charge in [-0.15, -0.1) is 11.3 Å². The fourth-order valence-corrected chi connectivity index (χ4v) is 4.37. The zero-order valence-corrected chi connectivity index (χ0v) is 20.4. The number of amides is 2. The molecule has 7 nitrogen and oxygen atoms in total. The molecule has 0 bridgehead atoms. The van der Waals surface area contributed by atoms with Crippen LogP contribution in [0.4, 0.5) is 9.93 Å². The van der Waals surface area contributed by atoms with E-state index in [1.54, 1.807) is 5.38 Å². The minimum Gasteiger partial charge on any atom is -0.445 e. The molecular weight excluding hydrogens is 509 g/mol. The number of hydrogen-bond donors (Lipinski definition) is 2. The first-order valence-corrected chi connectivity index (χ1v) is 11.6. The maximum absolute atomic E-state index is 13.0. The van der Waals surface area contributed by atoms with E-state index in [2.05, 4.69) is 10.3 Å². The molecule has 0 fully saturated rings. The summed E-state index contributed by atoms with van der Waals surface area (Å²) in [7, 11) is 1.39. The average molecular weight is 529 g/mol. The summed E-state index contributed by atoms with van der Waals surface area (Å²) in [6, 6.07) is 18.7. The lowest BCUT2D eigenvalue weighted by Crippen LogP contribution is -2.48. The molecular formula is C22H20Cl3N3O4S. The van der Waals surface area contributed by atoms with E-state index < -0.39 is 33.9 Å². The number of ether oxygens (including phenoxy) is 2. The summed E-state index contributed by atoms with van der Waals surface area (Å²) in [6.07, 6.45) is -0.869. The first kappa shape index (κ1) is 25.3. The number of methoxy groups -OCH3 is 1. The van der Waals surface area contributed by atoms with Crippen molar-refractivity contribution in [2.24, 2.45) is 5.73 Å². The second-order valence-corrected chi connectivity index (χ2v) is 10.3. The van der Waals surface area contributed by atoms with Crippen LogP contribution in [0.2, 0.25) is 0 Å². The van der Waals surface area contributed by atoms with Gasteiger partial charge in [0.2, 0.25) is 3.79 Å². The lowest BCUT2D eigenvalue weighted by Gasteiger charge is -2.36. The summed E-state index contributed by atoms with van der Waals surface area (Å²) in [5.74, 6) is -1.35. The smallest absolute Gasteiger partial charge is 0.413 e. The number of nitrogens with two attached hydrogens (primary N) is 1. The third kappa shape index (κ3) is 5.96. The lowest BCUT2D eigenvalue weighted by atomic mass is 9.75. The molecule has 0 aliphatic heterocycles. The average Bonchev–Trinajstić information content (AvgIpc) is 3.25. The van der Waals surface area contributed by atoms with Crippen LogP contribution in [0.1, 0.15) is 22.7 Å². The van der Waals surface area contributed by atoms with Gasteiger partial charge in [0.15, 0.2) is 10.7 Å². The Morgan fingerprint density at radius 2 is 1.61 bits per heavy atom. The number of nitrogens with zero attached hydrogens (tertiary/aromatic N) is 1. The molecule has 3 aromatic rings. The Balaban J connectivity index is 2.02. The summed E-state index contributed by atoms with van der Waals surface area (Å²) in [4.78, 5) is 29.4. The molecule has 1 unspecified atom stereocenters. The SMILES string of the molecule is COC(C(N)=O)(c1csc(NC(=O)OCC(Cl)(Cl)Cl)n1)C(c1ccccc1)c1ccccc1. The normalized spacial score (nSPS) is 13.4. The van der Waals surface area contributed by atoms with Gasteiger partial charge in [-0.1, -0.05) is 95.5 Å². The fraction of sp³-hybridized carbons (Fsp3) is 0.227. The van der Waals surface area contributed by atoms with Crippen LogP contribution >= 0.6 is 46.1 Å². The van der Waals surface area contributed by atoms with Crippen molar-refractivity contribution in [3.63, 3.8) is 0 Å². The Kier molecular flexibility index (Phi) is 8.20. The molecule has 33 heavy (non-hydrogen) atoms. The standard InChI is InChI=1S/C22H20Cl3N3O4S/c1-31-22(18(26)29,16-12-33-19(27-16)28-20(30)32-13-21(23,24)25)17(14-8-4-2-5-9-14)15-10-6-3-7-11-15/h2-12,17H,13H2,1H3,(H2,26,29)(H,27,28,30). The van der Waals surface area contributed by atoms with Gasteiger partial charge in [-0.2, -0.15) is 0 Å². The van der Waals surface area contributed by atoms with Gasteiger partial charge in [0.25, 0.3) is 5.91 Å². The summed E-state index contributed by atoms with van der Waals surface area (Å²) in [6.45, 7) is -0.449. The number of benzene rings is 2. The van der Waals surface area contributed by atoms with Crippen molar-refractivity contribution in [3.8, 4) is 0 Å². The molecule has 0 spiro atoms. The van der Waals surface area contributed by atoms with Crippen LogP contribution in [0.25, 0.3) is 0 Å². The first-order valence-electron chi connectivity index (χ1n) is 9.59. The quantitative estimate of drug-likeness (QED) is 0.390. The number of hydrogen-bond acceptors (Lipinski definition) is 6. The molecule has 0 aliphatic rings. The molecule has 3 rings (SSSR count). The van der Waals surface area contributed by atoms with E-state index in [1.807, 2.05) is 60.7 Å². The molecule has 174 valence electrons. The van der Waals surface area contributed by atoms with Gasteiger partial charge in [-0.25, -0.2) is 9.78 Å². The second kappa shape index (κ2) is 10.7. The Bertz CT molecular complexity index is 1050. The highest BCUT2D eigenvalue weighted by molar-refractivity contribution is 7.14. The minimum absolute atomic E-state index is 0.155. The molecule has 0 saturated carbocycles. The molecule has 1 aromatic heterocycles. The molecule has 1 heterocycles. The van der Waals surface area contributed by atoms with Crippen LogP contribution in [0.5, 0.6) is 0 Å². The van der Waals surface area contributed by atoms with E-state index in [0.29, 0.717) is 0 Å². The Morgan fingerprint density at radius 3 is 2.06 bits per heavy atom. The number of aromatic nitrogens is 1. The molecule has 1 atom stereocenters. The zero-order valence-electron chi connectivity index (χ0n) is 17.3. The molecule has 11 heteroatoms. The van der Waals surface area contributed by atoms with Crippen LogP contribution in [0.3, 0.4) is 0 Å². The summed E-state index contributed by atoms with van der Waals surface area (Å²) < 4.78 is 8.95. The first-order chi connectivity index (χ1) is 15.7. The van der Waals surface area contributed by atoms with Crippen molar-refractivity contribution < 1.29 is 19.1 Å². The number of anilines is 1. The van der Waals surface area contributed by atoms with Gasteiger partial charge in [0.1, 0.15) is 6.61 Å². The number of alkyl halides is 3. The van der Waals surface area contributed by atoms with Crippen molar-refractivity contribution in [1.82, 2.24) is 4.98 Å². The minimum atomic E-state index is -1.75. The van der Waals surface area contributed by atoms with E-state index in [1.165, 1.54) is 7.11 Å². The van der Waals surface area contributed by atoms with E-state index >= 15 is 0 Å². The van der Waals surface area contributed by atoms with Crippen LogP contribution in [-0.2, 0) is 19.9 Å². The maximum Gasteiger partial charge on any atom is 0.413 e. The number of thiazole rings is 1. The molecule has 3 N–H and O–H groups in total. The molecule has 0 radical (unpaired) electrons. The maximum atomic E-state index is 13.0. The van der Waals surface area contributed by atoms with Crippen molar-refractivity contribution in [2.45, 2.75) is 15.3 Å². The summed E-state index contributed by atoms with van der Waals surface area (Å²) in [5, 5.41) is 4.20. The highest BCUT2D eigenvalue weighted by Gasteiger charge is 2.50. The zero-order chi connectivity index (χ0) is 24.1. The number of primary amides is 1. The molecule has 2 aromatic carbocycles. The number of nitrogens with one attached hydrogen (secondary N) is 1. The third-order valence-electron chi connectivity index (χ3n) is 4.82. The van der Waals surface area contributed by atoms with Gasteiger partial charge in [0, 0.05) is 12.5 Å². The van der Waals surface area contributed by atoms with Gasteiger partial charge in [0.05, 0.1) is 11.6 Å². The Hall–Kier alpha value is -2.36. The molecule has 0 aliphatic carbocycles. The number of carbonyl (C=O) groups is 2. The summed E-state index contributed by atoms with van der Waals surface area (Å²) in [5.41, 5.74) is 6.11. The van der Waals surface area contributed by atoms with Crippen LogP contribution in [0.15, 0.2) is 66.0 Å². The van der Waals surface area contributed by atoms with Crippen LogP contribution < -0.4 is 11.1 Å². The third-order valence-corrected chi connectivity index (χ3v) is 5.91. The van der Waals surface area contributed by atoms with Crippen molar-refractivity contribution in [3.05, 3.63) is 82.9 Å². The Labute approximate surface area is 209 Å². The van der Waals surface area contributed by atoms with Gasteiger partial charge in [-0.3, -0.25) is 10.1 Å². The fourth-order valence-electron chi connectivity index (χ4n) is 3.46. The monoisotopic (exact) mass is 527 g/mol. The highest BCUT2D eigenvalue weighted by Crippen LogP contribution is 2.45. The van der Waals surface area contributed by atoms with Crippen molar-refractivity contribution in [2.75, 3.05) is 19.0 Å². The van der Waals surface area contributed by atoms with Gasteiger partial charge < -0.3 is 15.2 Å². The lowest BCUT2D eigenvalue weighted by molar-refractivity contribution is -0.143.